The lowest BCUT2D eigenvalue weighted by atomic mass is 9.92. The summed E-state index contributed by atoms with van der Waals surface area (Å²) in [5.74, 6) is -3.36. The van der Waals surface area contributed by atoms with Crippen LogP contribution >= 0.6 is 0 Å². The number of aromatic nitrogens is 2. The topological polar surface area (TPSA) is 58.6 Å². The number of carbonyl (C=O) groups excluding carboxylic acids is 1. The van der Waals surface area contributed by atoms with Crippen LogP contribution in [0.4, 0.5) is 8.78 Å². The Morgan fingerprint density at radius 1 is 1.11 bits per heavy atom. The standard InChI is InChI=1S/C29H40F2N4O2/c1-4-5-11-26-25(21-12-14-24(15-13-21)37-23-9-7-6-8-10-23)18-27(33-32-26)28(36)35-17-16-22(19-34(2)3)29(30,31)20-35/h12-15,18,22-23H,4-11,16-17,19-20H2,1-3H3. The molecule has 0 bridgehead atoms. The normalized spacial score (nSPS) is 20.3. The molecule has 1 saturated heterocycles. The van der Waals surface area contributed by atoms with Crippen molar-refractivity contribution < 1.29 is 18.3 Å². The molecule has 1 aliphatic carbocycles. The molecule has 0 radical (unpaired) electrons. The zero-order valence-corrected chi connectivity index (χ0v) is 22.4. The highest BCUT2D eigenvalue weighted by Crippen LogP contribution is 2.34. The molecule has 0 N–H and O–H groups in total. The summed E-state index contributed by atoms with van der Waals surface area (Å²) < 4.78 is 35.9. The summed E-state index contributed by atoms with van der Waals surface area (Å²) in [6, 6.07) is 9.62. The molecule has 1 aromatic heterocycles. The van der Waals surface area contributed by atoms with Gasteiger partial charge in [-0.05, 0) is 82.8 Å². The van der Waals surface area contributed by atoms with E-state index in [4.69, 9.17) is 4.74 Å². The van der Waals surface area contributed by atoms with Crippen molar-refractivity contribution >= 4 is 5.91 Å². The smallest absolute Gasteiger partial charge is 0.274 e. The summed E-state index contributed by atoms with van der Waals surface area (Å²) in [6.45, 7) is 2.11. The van der Waals surface area contributed by atoms with Crippen LogP contribution in [0, 0.1) is 5.92 Å². The van der Waals surface area contributed by atoms with Gasteiger partial charge < -0.3 is 14.5 Å². The largest absolute Gasteiger partial charge is 0.490 e. The summed E-state index contributed by atoms with van der Waals surface area (Å²) in [4.78, 5) is 16.3. The molecule has 0 spiro atoms. The van der Waals surface area contributed by atoms with Gasteiger partial charge in [0.05, 0.1) is 18.3 Å². The number of hydrogen-bond acceptors (Lipinski definition) is 5. The van der Waals surface area contributed by atoms with E-state index in [2.05, 4.69) is 17.1 Å². The van der Waals surface area contributed by atoms with Gasteiger partial charge in [-0.3, -0.25) is 4.79 Å². The van der Waals surface area contributed by atoms with Crippen LogP contribution < -0.4 is 4.74 Å². The lowest BCUT2D eigenvalue weighted by Gasteiger charge is -2.39. The molecule has 37 heavy (non-hydrogen) atoms. The van der Waals surface area contributed by atoms with Gasteiger partial charge in [-0.1, -0.05) is 31.9 Å². The maximum atomic E-state index is 14.8. The minimum atomic E-state index is -2.94. The van der Waals surface area contributed by atoms with Gasteiger partial charge in [0.2, 0.25) is 0 Å². The molecular formula is C29H40F2N4O2. The minimum Gasteiger partial charge on any atom is -0.490 e. The zero-order valence-electron chi connectivity index (χ0n) is 22.4. The fourth-order valence-corrected chi connectivity index (χ4v) is 5.38. The molecule has 2 heterocycles. The molecular weight excluding hydrogens is 474 g/mol. The molecule has 1 atom stereocenters. The second kappa shape index (κ2) is 12.3. The first-order chi connectivity index (χ1) is 17.8. The van der Waals surface area contributed by atoms with Crippen molar-refractivity contribution in [1.82, 2.24) is 20.0 Å². The third-order valence-electron chi connectivity index (χ3n) is 7.50. The van der Waals surface area contributed by atoms with Crippen LogP contribution in [0.3, 0.4) is 0 Å². The second-order valence-electron chi connectivity index (χ2n) is 10.8. The van der Waals surface area contributed by atoms with E-state index in [-0.39, 0.29) is 24.8 Å². The number of carbonyl (C=O) groups is 1. The summed E-state index contributed by atoms with van der Waals surface area (Å²) in [5, 5.41) is 8.58. The number of aryl methyl sites for hydroxylation is 1. The first-order valence-corrected chi connectivity index (χ1v) is 13.7. The van der Waals surface area contributed by atoms with Gasteiger partial charge in [0.1, 0.15) is 5.75 Å². The number of amides is 1. The minimum absolute atomic E-state index is 0.111. The van der Waals surface area contributed by atoms with E-state index in [9.17, 15) is 13.6 Å². The number of hydrogen-bond donors (Lipinski definition) is 0. The molecule has 202 valence electrons. The number of benzene rings is 1. The summed E-state index contributed by atoms with van der Waals surface area (Å²) in [5.41, 5.74) is 2.67. The third-order valence-corrected chi connectivity index (χ3v) is 7.50. The van der Waals surface area contributed by atoms with Crippen molar-refractivity contribution in [1.29, 1.82) is 0 Å². The second-order valence-corrected chi connectivity index (χ2v) is 10.8. The van der Waals surface area contributed by atoms with Gasteiger partial charge in [0.15, 0.2) is 5.69 Å². The van der Waals surface area contributed by atoms with E-state index >= 15 is 0 Å². The van der Waals surface area contributed by atoms with E-state index in [0.29, 0.717) is 6.54 Å². The van der Waals surface area contributed by atoms with Gasteiger partial charge in [-0.2, -0.15) is 5.10 Å². The van der Waals surface area contributed by atoms with Gasteiger partial charge in [0.25, 0.3) is 11.8 Å². The molecule has 2 aliphatic rings. The Kier molecular flexibility index (Phi) is 9.11. The number of unbranched alkanes of at least 4 members (excludes halogenated alkanes) is 1. The summed E-state index contributed by atoms with van der Waals surface area (Å²) in [6.07, 6.45) is 9.10. The highest BCUT2D eigenvalue weighted by Gasteiger charge is 2.46. The monoisotopic (exact) mass is 514 g/mol. The Morgan fingerprint density at radius 3 is 2.49 bits per heavy atom. The Bertz CT molecular complexity index is 1040. The Labute approximate surface area is 219 Å². The van der Waals surface area contributed by atoms with Crippen molar-refractivity contribution in [3.05, 3.63) is 41.7 Å². The van der Waals surface area contributed by atoms with Crippen LogP contribution in [0.15, 0.2) is 30.3 Å². The van der Waals surface area contributed by atoms with Crippen LogP contribution in [0.5, 0.6) is 5.75 Å². The molecule has 1 aliphatic heterocycles. The molecule has 2 fully saturated rings. The Balaban J connectivity index is 1.53. The number of piperidine rings is 1. The average molecular weight is 515 g/mol. The lowest BCUT2D eigenvalue weighted by molar-refractivity contribution is -0.107. The van der Waals surface area contributed by atoms with E-state index < -0.39 is 24.3 Å². The number of alkyl halides is 2. The zero-order chi connectivity index (χ0) is 26.4. The number of rotatable bonds is 9. The number of halogens is 2. The van der Waals surface area contributed by atoms with Crippen LogP contribution in [0.1, 0.15) is 74.5 Å². The summed E-state index contributed by atoms with van der Waals surface area (Å²) in [7, 11) is 3.58. The third kappa shape index (κ3) is 7.03. The highest BCUT2D eigenvalue weighted by atomic mass is 19.3. The molecule has 1 amide bonds. The predicted octanol–water partition coefficient (Wildman–Crippen LogP) is 5.86. The van der Waals surface area contributed by atoms with E-state index in [0.717, 1.165) is 54.7 Å². The molecule has 8 heteroatoms. The molecule has 1 aromatic carbocycles. The van der Waals surface area contributed by atoms with Crippen LogP contribution in [-0.2, 0) is 6.42 Å². The maximum Gasteiger partial charge on any atom is 0.274 e. The van der Waals surface area contributed by atoms with Crippen LogP contribution in [0.2, 0.25) is 0 Å². The fraction of sp³-hybridized carbons (Fsp3) is 0.621. The fourth-order valence-electron chi connectivity index (χ4n) is 5.38. The molecule has 2 aromatic rings. The van der Waals surface area contributed by atoms with Gasteiger partial charge in [0, 0.05) is 24.6 Å². The quantitative estimate of drug-likeness (QED) is 0.420. The number of nitrogens with zero attached hydrogens (tertiary/aromatic N) is 4. The lowest BCUT2D eigenvalue weighted by Crippen LogP contribution is -2.53. The highest BCUT2D eigenvalue weighted by molar-refractivity contribution is 5.93. The Morgan fingerprint density at radius 2 is 1.84 bits per heavy atom. The van der Waals surface area contributed by atoms with E-state index in [1.165, 1.54) is 24.2 Å². The van der Waals surface area contributed by atoms with Gasteiger partial charge >= 0.3 is 0 Å². The average Bonchev–Trinajstić information content (AvgIpc) is 2.89. The molecule has 6 nitrogen and oxygen atoms in total. The van der Waals surface area contributed by atoms with Gasteiger partial charge in [-0.15, -0.1) is 5.10 Å². The van der Waals surface area contributed by atoms with Crippen molar-refractivity contribution in [2.75, 3.05) is 33.7 Å². The van der Waals surface area contributed by atoms with E-state index in [1.807, 2.05) is 24.3 Å². The molecule has 1 saturated carbocycles. The van der Waals surface area contributed by atoms with Crippen molar-refractivity contribution in [3.63, 3.8) is 0 Å². The predicted molar refractivity (Wildman–Crippen MR) is 141 cm³/mol. The first-order valence-electron chi connectivity index (χ1n) is 13.7. The number of ether oxygens (including phenoxy) is 1. The van der Waals surface area contributed by atoms with Gasteiger partial charge in [-0.25, -0.2) is 8.78 Å². The summed E-state index contributed by atoms with van der Waals surface area (Å²) >= 11 is 0. The number of likely N-dealkylation sites (tertiary alicyclic amines) is 1. The maximum absolute atomic E-state index is 14.8. The van der Waals surface area contributed by atoms with Crippen molar-refractivity contribution in [2.45, 2.75) is 76.7 Å². The van der Waals surface area contributed by atoms with Crippen LogP contribution in [-0.4, -0.2) is 71.7 Å². The van der Waals surface area contributed by atoms with E-state index in [1.54, 1.807) is 25.1 Å². The SMILES string of the molecule is CCCCc1nnc(C(=O)N2CCC(CN(C)C)C(F)(F)C2)cc1-c1ccc(OC2CCCCC2)cc1. The first kappa shape index (κ1) is 27.4. The van der Waals surface area contributed by atoms with Crippen LogP contribution in [0.25, 0.3) is 11.1 Å². The van der Waals surface area contributed by atoms with Crippen molar-refractivity contribution in [2.24, 2.45) is 5.92 Å². The Hall–Kier alpha value is -2.61. The molecule has 1 unspecified atom stereocenters. The molecule has 4 rings (SSSR count). The van der Waals surface area contributed by atoms with Crippen molar-refractivity contribution in [3.8, 4) is 16.9 Å².